The van der Waals surface area contributed by atoms with Crippen molar-refractivity contribution in [2.24, 2.45) is 33.6 Å². The van der Waals surface area contributed by atoms with E-state index in [2.05, 4.69) is 15.5 Å². The number of thiocarbonyl (C=S) groups is 1. The van der Waals surface area contributed by atoms with Crippen LogP contribution in [0.1, 0.15) is 12.0 Å². The predicted molar refractivity (Wildman–Crippen MR) is 106 cm³/mol. The lowest BCUT2D eigenvalue weighted by atomic mass is 9.76. The van der Waals surface area contributed by atoms with E-state index < -0.39 is 11.9 Å². The van der Waals surface area contributed by atoms with Crippen LogP contribution in [0.3, 0.4) is 0 Å². The minimum atomic E-state index is -0.871. The Labute approximate surface area is 157 Å². The van der Waals surface area contributed by atoms with Crippen molar-refractivity contribution in [1.29, 1.82) is 0 Å². The number of carbonyl (C=O) groups is 1. The fourth-order valence-electron chi connectivity index (χ4n) is 3.37. The molecule has 0 aromatic heterocycles. The molecule has 0 fully saturated rings. The van der Waals surface area contributed by atoms with E-state index in [0.717, 1.165) is 5.56 Å². The number of aliphatic imine (C=N–C) groups is 1. The second kappa shape index (κ2) is 8.05. The second-order valence-corrected chi connectivity index (χ2v) is 6.70. The molecular formula is C19H20N4O2S. The summed E-state index contributed by atoms with van der Waals surface area (Å²) in [5, 5.41) is 14.2. The Morgan fingerprint density at radius 1 is 1.31 bits per heavy atom. The van der Waals surface area contributed by atoms with Gasteiger partial charge in [-0.05, 0) is 17.8 Å². The molecule has 1 aromatic carbocycles. The number of nitrogens with one attached hydrogen (secondary N) is 1. The molecule has 0 amide bonds. The van der Waals surface area contributed by atoms with Gasteiger partial charge in [0.2, 0.25) is 0 Å². The highest BCUT2D eigenvalue weighted by Crippen LogP contribution is 2.35. The fourth-order valence-corrected chi connectivity index (χ4v) is 3.41. The standard InChI is InChI=1S/C19H20N4O2S/c20-19(26)23-22-17(12-6-2-1-3-7-12)10-14(18(24)25)15-11-21-16-9-5-4-8-13(15)16/h1-9,11,13-16H,10H2,(H,24,25)(H3,20,23,26)/b22-17-. The number of rotatable bonds is 6. The smallest absolute Gasteiger partial charge is 0.307 e. The van der Waals surface area contributed by atoms with Crippen LogP contribution in [-0.4, -0.2) is 34.2 Å². The summed E-state index contributed by atoms with van der Waals surface area (Å²) < 4.78 is 0. The van der Waals surface area contributed by atoms with E-state index in [0.29, 0.717) is 5.71 Å². The first-order valence-corrected chi connectivity index (χ1v) is 8.75. The van der Waals surface area contributed by atoms with Gasteiger partial charge in [0.25, 0.3) is 0 Å². The van der Waals surface area contributed by atoms with E-state index in [-0.39, 0.29) is 29.4 Å². The van der Waals surface area contributed by atoms with Gasteiger partial charge in [0.05, 0.1) is 17.7 Å². The van der Waals surface area contributed by atoms with E-state index in [1.165, 1.54) is 0 Å². The zero-order valence-electron chi connectivity index (χ0n) is 14.0. The molecular weight excluding hydrogens is 348 g/mol. The lowest BCUT2D eigenvalue weighted by molar-refractivity contribution is -0.142. The number of nitrogens with zero attached hydrogens (tertiary/aromatic N) is 2. The summed E-state index contributed by atoms with van der Waals surface area (Å²) in [4.78, 5) is 16.5. The number of carboxylic acid groups (broad SMARTS) is 1. The first-order chi connectivity index (χ1) is 12.6. The third kappa shape index (κ3) is 4.05. The number of allylic oxidation sites excluding steroid dienone is 2. The molecule has 0 spiro atoms. The van der Waals surface area contributed by atoms with Gasteiger partial charge in [-0.3, -0.25) is 15.2 Å². The van der Waals surface area contributed by atoms with Gasteiger partial charge in [-0.1, -0.05) is 54.6 Å². The maximum Gasteiger partial charge on any atom is 0.307 e. The van der Waals surface area contributed by atoms with Crippen molar-refractivity contribution in [2.45, 2.75) is 12.5 Å². The summed E-state index contributed by atoms with van der Waals surface area (Å²) in [6.45, 7) is 0. The Kier molecular flexibility index (Phi) is 5.58. The number of carboxylic acids is 1. The SMILES string of the molecule is NC(=S)N/N=C(/CC(C(=O)O)C1C=NC2C=CC=CC21)c1ccccc1. The Bertz CT molecular complexity index is 801. The van der Waals surface area contributed by atoms with E-state index in [1.54, 1.807) is 6.21 Å². The van der Waals surface area contributed by atoms with Gasteiger partial charge in [0.1, 0.15) is 0 Å². The summed E-state index contributed by atoms with van der Waals surface area (Å²) in [5.41, 5.74) is 9.48. The van der Waals surface area contributed by atoms with E-state index in [1.807, 2.05) is 54.6 Å². The van der Waals surface area contributed by atoms with Crippen LogP contribution in [0.15, 0.2) is 64.7 Å². The van der Waals surface area contributed by atoms with E-state index in [4.69, 9.17) is 18.0 Å². The lowest BCUT2D eigenvalue weighted by Gasteiger charge is -2.26. The number of nitrogens with two attached hydrogens (primary N) is 1. The summed E-state index contributed by atoms with van der Waals surface area (Å²) >= 11 is 4.82. The molecule has 0 saturated heterocycles. The highest BCUT2D eigenvalue weighted by molar-refractivity contribution is 7.80. The zero-order chi connectivity index (χ0) is 18.5. The molecule has 26 heavy (non-hydrogen) atoms. The maximum atomic E-state index is 12.0. The number of hydrogen-bond acceptors (Lipinski definition) is 4. The van der Waals surface area contributed by atoms with Crippen LogP contribution in [0.5, 0.6) is 0 Å². The van der Waals surface area contributed by atoms with Gasteiger partial charge in [-0.25, -0.2) is 0 Å². The molecule has 6 nitrogen and oxygen atoms in total. The van der Waals surface area contributed by atoms with Gasteiger partial charge >= 0.3 is 5.97 Å². The first kappa shape index (κ1) is 18.0. The van der Waals surface area contributed by atoms with E-state index in [9.17, 15) is 9.90 Å². The number of hydrogen-bond donors (Lipinski definition) is 3. The molecule has 4 atom stereocenters. The summed E-state index contributed by atoms with van der Waals surface area (Å²) in [5.74, 6) is -1.67. The van der Waals surface area contributed by atoms with Crippen molar-refractivity contribution < 1.29 is 9.90 Å². The monoisotopic (exact) mass is 368 g/mol. The topological polar surface area (TPSA) is 100 Å². The summed E-state index contributed by atoms with van der Waals surface area (Å²) in [7, 11) is 0. The highest BCUT2D eigenvalue weighted by atomic mass is 32.1. The quantitative estimate of drug-likeness (QED) is 0.406. The first-order valence-electron chi connectivity index (χ1n) is 8.35. The largest absolute Gasteiger partial charge is 0.481 e. The van der Waals surface area contributed by atoms with Gasteiger partial charge in [0.15, 0.2) is 5.11 Å². The molecule has 4 N–H and O–H groups in total. The Balaban J connectivity index is 1.87. The minimum Gasteiger partial charge on any atom is -0.481 e. The molecule has 1 heterocycles. The van der Waals surface area contributed by atoms with Gasteiger partial charge in [0, 0.05) is 24.5 Å². The Morgan fingerprint density at radius 2 is 2.04 bits per heavy atom. The molecule has 0 saturated carbocycles. The van der Waals surface area contributed by atoms with Gasteiger partial charge in [-0.15, -0.1) is 0 Å². The Morgan fingerprint density at radius 3 is 2.73 bits per heavy atom. The van der Waals surface area contributed by atoms with Gasteiger partial charge < -0.3 is 10.8 Å². The molecule has 1 aromatic rings. The number of fused-ring (bicyclic) bond motifs is 1. The van der Waals surface area contributed by atoms with Crippen molar-refractivity contribution in [3.63, 3.8) is 0 Å². The van der Waals surface area contributed by atoms with Crippen molar-refractivity contribution >= 4 is 35.2 Å². The van der Waals surface area contributed by atoms with E-state index >= 15 is 0 Å². The highest BCUT2D eigenvalue weighted by Gasteiger charge is 2.40. The van der Waals surface area contributed by atoms with Crippen molar-refractivity contribution in [2.75, 3.05) is 0 Å². The molecule has 3 rings (SSSR count). The number of benzene rings is 1. The van der Waals surface area contributed by atoms with Crippen molar-refractivity contribution in [3.8, 4) is 0 Å². The molecule has 7 heteroatoms. The molecule has 0 radical (unpaired) electrons. The average molecular weight is 368 g/mol. The van der Waals surface area contributed by atoms with Crippen LogP contribution in [0.25, 0.3) is 0 Å². The molecule has 1 aliphatic carbocycles. The van der Waals surface area contributed by atoms with Crippen LogP contribution >= 0.6 is 12.2 Å². The van der Waals surface area contributed by atoms with Crippen molar-refractivity contribution in [3.05, 3.63) is 60.2 Å². The number of hydrazone groups is 1. The Hall–Kier alpha value is -2.80. The van der Waals surface area contributed by atoms with Gasteiger partial charge in [-0.2, -0.15) is 5.10 Å². The third-order valence-electron chi connectivity index (χ3n) is 4.63. The molecule has 1 aliphatic heterocycles. The molecule has 2 aliphatic rings. The number of aliphatic carboxylic acids is 1. The molecule has 4 unspecified atom stereocenters. The van der Waals surface area contributed by atoms with Crippen molar-refractivity contribution in [1.82, 2.24) is 5.43 Å². The summed E-state index contributed by atoms with van der Waals surface area (Å²) in [6, 6.07) is 9.43. The second-order valence-electron chi connectivity index (χ2n) is 6.26. The lowest BCUT2D eigenvalue weighted by Crippen LogP contribution is -2.33. The average Bonchev–Trinajstić information content (AvgIpc) is 3.06. The van der Waals surface area contributed by atoms with Crippen LogP contribution < -0.4 is 11.2 Å². The molecule has 0 bridgehead atoms. The fraction of sp³-hybridized carbons (Fsp3) is 0.263. The normalized spacial score (nSPS) is 24.9. The summed E-state index contributed by atoms with van der Waals surface area (Å²) in [6.07, 6.45) is 9.94. The minimum absolute atomic E-state index is 0.0127. The van der Waals surface area contributed by atoms with Crippen LogP contribution in [-0.2, 0) is 4.79 Å². The molecule has 134 valence electrons. The van der Waals surface area contributed by atoms with Crippen LogP contribution in [0.2, 0.25) is 0 Å². The zero-order valence-corrected chi connectivity index (χ0v) is 14.8. The van der Waals surface area contributed by atoms with Crippen LogP contribution in [0.4, 0.5) is 0 Å². The third-order valence-corrected chi connectivity index (χ3v) is 4.72. The predicted octanol–water partition coefficient (Wildman–Crippen LogP) is 2.13. The maximum absolute atomic E-state index is 12.0. The van der Waals surface area contributed by atoms with Crippen LogP contribution in [0, 0.1) is 17.8 Å².